The van der Waals surface area contributed by atoms with Crippen LogP contribution >= 0.6 is 0 Å². The molecule has 1 aromatic heterocycles. The Morgan fingerprint density at radius 1 is 1.14 bits per heavy atom. The number of benzene rings is 2. The standard InChI is InChI=1S/C22H19N3O4/c1-14(26)25-11-10-15-6-2-3-7-16(15)19(25)12-21(27)29-13-20-23-18-9-5-4-8-17(18)22(28)24-20/h2-11,19H,12-13H2,1H3,(H,23,24,28)/t19-/m1/s1. The number of carbonyl (C=O) groups excluding carboxylic acids is 2. The molecule has 2 aromatic carbocycles. The molecular formula is C22H19N3O4. The first-order valence-corrected chi connectivity index (χ1v) is 9.22. The Labute approximate surface area is 166 Å². The van der Waals surface area contributed by atoms with Gasteiger partial charge in [-0.1, -0.05) is 36.4 Å². The number of amides is 1. The van der Waals surface area contributed by atoms with E-state index in [1.807, 2.05) is 30.3 Å². The van der Waals surface area contributed by atoms with E-state index in [2.05, 4.69) is 9.97 Å². The summed E-state index contributed by atoms with van der Waals surface area (Å²) < 4.78 is 5.34. The van der Waals surface area contributed by atoms with Crippen LogP contribution in [-0.4, -0.2) is 26.7 Å². The average molecular weight is 389 g/mol. The van der Waals surface area contributed by atoms with Gasteiger partial charge in [-0.2, -0.15) is 0 Å². The van der Waals surface area contributed by atoms with Crippen LogP contribution < -0.4 is 5.56 Å². The van der Waals surface area contributed by atoms with E-state index in [9.17, 15) is 14.4 Å². The zero-order valence-corrected chi connectivity index (χ0v) is 15.8. The topological polar surface area (TPSA) is 92.4 Å². The zero-order valence-electron chi connectivity index (χ0n) is 15.8. The molecule has 1 aliphatic heterocycles. The van der Waals surface area contributed by atoms with Gasteiger partial charge in [0.2, 0.25) is 5.91 Å². The molecule has 7 nitrogen and oxygen atoms in total. The van der Waals surface area contributed by atoms with Crippen LogP contribution in [0.2, 0.25) is 0 Å². The Morgan fingerprint density at radius 3 is 2.72 bits per heavy atom. The third-order valence-electron chi connectivity index (χ3n) is 4.86. The molecule has 0 saturated carbocycles. The van der Waals surface area contributed by atoms with Crippen LogP contribution in [-0.2, 0) is 20.9 Å². The number of aromatic amines is 1. The Hall–Kier alpha value is -3.74. The van der Waals surface area contributed by atoms with Crippen molar-refractivity contribution < 1.29 is 14.3 Å². The Bertz CT molecular complexity index is 1180. The van der Waals surface area contributed by atoms with Gasteiger partial charge in [0.15, 0.2) is 0 Å². The van der Waals surface area contributed by atoms with Crippen LogP contribution in [0.5, 0.6) is 0 Å². The van der Waals surface area contributed by atoms with Gasteiger partial charge >= 0.3 is 5.97 Å². The normalized spacial score (nSPS) is 15.2. The molecule has 0 aliphatic carbocycles. The second-order valence-electron chi connectivity index (χ2n) is 6.78. The van der Waals surface area contributed by atoms with E-state index < -0.39 is 12.0 Å². The van der Waals surface area contributed by atoms with Crippen molar-refractivity contribution in [2.24, 2.45) is 0 Å². The lowest BCUT2D eigenvalue weighted by molar-refractivity contribution is -0.147. The summed E-state index contributed by atoms with van der Waals surface area (Å²) in [5.41, 5.74) is 2.11. The lowest BCUT2D eigenvalue weighted by Crippen LogP contribution is -2.32. The highest BCUT2D eigenvalue weighted by Crippen LogP contribution is 2.33. The molecule has 29 heavy (non-hydrogen) atoms. The van der Waals surface area contributed by atoms with E-state index in [0.717, 1.165) is 11.1 Å². The van der Waals surface area contributed by atoms with Crippen molar-refractivity contribution >= 4 is 28.9 Å². The first-order valence-electron chi connectivity index (χ1n) is 9.22. The summed E-state index contributed by atoms with van der Waals surface area (Å²) in [6.45, 7) is 1.31. The molecule has 3 aromatic rings. The van der Waals surface area contributed by atoms with Crippen molar-refractivity contribution in [2.45, 2.75) is 26.0 Å². The molecule has 0 saturated heterocycles. The third kappa shape index (κ3) is 3.80. The van der Waals surface area contributed by atoms with E-state index in [0.29, 0.717) is 10.9 Å². The molecule has 4 rings (SSSR count). The summed E-state index contributed by atoms with van der Waals surface area (Å²) in [6, 6.07) is 14.1. The van der Waals surface area contributed by atoms with Crippen molar-refractivity contribution in [3.05, 3.63) is 82.0 Å². The lowest BCUT2D eigenvalue weighted by atomic mass is 9.94. The maximum Gasteiger partial charge on any atom is 0.308 e. The number of esters is 1. The van der Waals surface area contributed by atoms with Crippen LogP contribution in [0.25, 0.3) is 17.0 Å². The summed E-state index contributed by atoms with van der Waals surface area (Å²) in [4.78, 5) is 45.1. The van der Waals surface area contributed by atoms with E-state index >= 15 is 0 Å². The van der Waals surface area contributed by atoms with Gasteiger partial charge in [-0.05, 0) is 29.3 Å². The molecule has 0 unspecified atom stereocenters. The van der Waals surface area contributed by atoms with Gasteiger partial charge in [-0.15, -0.1) is 0 Å². The Morgan fingerprint density at radius 2 is 1.90 bits per heavy atom. The fraction of sp³-hybridized carbons (Fsp3) is 0.182. The monoisotopic (exact) mass is 389 g/mol. The fourth-order valence-corrected chi connectivity index (χ4v) is 3.48. The number of rotatable bonds is 4. The van der Waals surface area contributed by atoms with Gasteiger partial charge in [0, 0.05) is 13.1 Å². The molecule has 0 radical (unpaired) electrons. The largest absolute Gasteiger partial charge is 0.457 e. The quantitative estimate of drug-likeness (QED) is 0.693. The van der Waals surface area contributed by atoms with Crippen molar-refractivity contribution in [3.8, 4) is 0 Å². The summed E-state index contributed by atoms with van der Waals surface area (Å²) in [6.07, 6.45) is 3.53. The second kappa shape index (κ2) is 7.71. The Kier molecular flexibility index (Phi) is 4.95. The number of H-pyrrole nitrogens is 1. The molecular weight excluding hydrogens is 370 g/mol. The summed E-state index contributed by atoms with van der Waals surface area (Å²) in [7, 11) is 0. The van der Waals surface area contributed by atoms with E-state index in [-0.39, 0.29) is 30.3 Å². The summed E-state index contributed by atoms with van der Waals surface area (Å²) in [5.74, 6) is -0.370. The minimum Gasteiger partial charge on any atom is -0.457 e. The van der Waals surface area contributed by atoms with E-state index in [4.69, 9.17) is 4.74 Å². The van der Waals surface area contributed by atoms with Gasteiger partial charge in [-0.3, -0.25) is 14.4 Å². The molecule has 2 heterocycles. The third-order valence-corrected chi connectivity index (χ3v) is 4.86. The van der Waals surface area contributed by atoms with Crippen molar-refractivity contribution in [1.29, 1.82) is 0 Å². The fourth-order valence-electron chi connectivity index (χ4n) is 3.48. The smallest absolute Gasteiger partial charge is 0.308 e. The molecule has 0 spiro atoms. The number of nitrogens with one attached hydrogen (secondary N) is 1. The maximum atomic E-state index is 12.5. The lowest BCUT2D eigenvalue weighted by Gasteiger charge is -2.32. The van der Waals surface area contributed by atoms with Crippen molar-refractivity contribution in [2.75, 3.05) is 0 Å². The summed E-state index contributed by atoms with van der Waals surface area (Å²) >= 11 is 0. The predicted octanol–water partition coefficient (Wildman–Crippen LogP) is 2.93. The van der Waals surface area contributed by atoms with Crippen LogP contribution in [0, 0.1) is 0 Å². The Balaban J connectivity index is 1.50. The number of hydrogen-bond acceptors (Lipinski definition) is 5. The van der Waals surface area contributed by atoms with Crippen LogP contribution in [0.15, 0.2) is 59.5 Å². The molecule has 1 atom stereocenters. The van der Waals surface area contributed by atoms with Crippen LogP contribution in [0.4, 0.5) is 0 Å². The highest BCUT2D eigenvalue weighted by Gasteiger charge is 2.28. The molecule has 7 heteroatoms. The van der Waals surface area contributed by atoms with Gasteiger partial charge in [0.25, 0.3) is 5.56 Å². The maximum absolute atomic E-state index is 12.5. The minimum absolute atomic E-state index is 0.00124. The molecule has 0 fully saturated rings. The van der Waals surface area contributed by atoms with Crippen LogP contribution in [0.3, 0.4) is 0 Å². The predicted molar refractivity (Wildman–Crippen MR) is 108 cm³/mol. The number of aromatic nitrogens is 2. The highest BCUT2D eigenvalue weighted by atomic mass is 16.5. The molecule has 146 valence electrons. The first-order chi connectivity index (χ1) is 14.0. The van der Waals surface area contributed by atoms with Crippen molar-refractivity contribution in [1.82, 2.24) is 14.9 Å². The minimum atomic E-state index is -0.484. The number of para-hydroxylation sites is 1. The van der Waals surface area contributed by atoms with E-state index in [1.54, 1.807) is 30.5 Å². The SMILES string of the molecule is CC(=O)N1C=Cc2ccccc2[C@H]1CC(=O)OCc1nc2ccccc2c(=O)[nH]1. The zero-order chi connectivity index (χ0) is 20.4. The van der Waals surface area contributed by atoms with Gasteiger partial charge in [0.05, 0.1) is 23.4 Å². The van der Waals surface area contributed by atoms with Gasteiger partial charge in [0.1, 0.15) is 12.4 Å². The van der Waals surface area contributed by atoms with Crippen molar-refractivity contribution in [3.63, 3.8) is 0 Å². The first kappa shape index (κ1) is 18.6. The highest BCUT2D eigenvalue weighted by molar-refractivity contribution is 5.80. The van der Waals surface area contributed by atoms with Crippen LogP contribution in [0.1, 0.15) is 36.3 Å². The number of hydrogen-bond donors (Lipinski definition) is 1. The average Bonchev–Trinajstić information content (AvgIpc) is 2.72. The van der Waals surface area contributed by atoms with Gasteiger partial charge in [-0.25, -0.2) is 4.98 Å². The number of carbonyl (C=O) groups is 2. The summed E-state index contributed by atoms with van der Waals surface area (Å²) in [5, 5.41) is 0.477. The number of ether oxygens (including phenoxy) is 1. The van der Waals surface area contributed by atoms with Gasteiger partial charge < -0.3 is 14.6 Å². The number of fused-ring (bicyclic) bond motifs is 2. The molecule has 0 bridgehead atoms. The number of nitrogens with zero attached hydrogens (tertiary/aromatic N) is 2. The molecule has 1 aliphatic rings. The second-order valence-corrected chi connectivity index (χ2v) is 6.78. The molecule has 1 amide bonds. The van der Waals surface area contributed by atoms with E-state index in [1.165, 1.54) is 11.8 Å². The molecule has 1 N–H and O–H groups in total.